The van der Waals surface area contributed by atoms with E-state index in [1.165, 1.54) is 0 Å². The van der Waals surface area contributed by atoms with E-state index >= 15 is 0 Å². The third-order valence-corrected chi connectivity index (χ3v) is 9.54. The summed E-state index contributed by atoms with van der Waals surface area (Å²) in [5.74, 6) is 0.0449. The van der Waals surface area contributed by atoms with Crippen LogP contribution in [0.25, 0.3) is 11.1 Å². The molecule has 1 aliphatic rings. The Kier molecular flexibility index (Phi) is 11.7. The van der Waals surface area contributed by atoms with Crippen molar-refractivity contribution in [3.8, 4) is 11.1 Å². The van der Waals surface area contributed by atoms with Crippen molar-refractivity contribution in [3.05, 3.63) is 100 Å². The van der Waals surface area contributed by atoms with Crippen molar-refractivity contribution in [3.63, 3.8) is 0 Å². The molecule has 3 unspecified atom stereocenters. The van der Waals surface area contributed by atoms with Gasteiger partial charge in [-0.05, 0) is 41.2 Å². The lowest BCUT2D eigenvalue weighted by Crippen LogP contribution is -2.31. The summed E-state index contributed by atoms with van der Waals surface area (Å²) in [6.45, 7) is 2.28. The first-order valence-electron chi connectivity index (χ1n) is 14.7. The predicted molar refractivity (Wildman–Crippen MR) is 171 cm³/mol. The minimum atomic E-state index is -0.570. The molecule has 0 bridgehead atoms. The fourth-order valence-corrected chi connectivity index (χ4v) is 6.91. The van der Waals surface area contributed by atoms with Gasteiger partial charge in [-0.2, -0.15) is 0 Å². The maximum atomic E-state index is 12.3. The Morgan fingerprint density at radius 2 is 1.69 bits per heavy atom. The highest BCUT2D eigenvalue weighted by molar-refractivity contribution is 8.01. The number of rotatable bonds is 13. The van der Waals surface area contributed by atoms with E-state index in [1.807, 2.05) is 79.7 Å². The number of hydrogen-bond acceptors (Lipinski definition) is 10. The zero-order chi connectivity index (χ0) is 31.6. The maximum Gasteiger partial charge on any atom is 0.243 e. The average molecular weight is 649 g/mol. The molecule has 2 amide bonds. The van der Waals surface area contributed by atoms with E-state index in [1.54, 1.807) is 28.6 Å². The molecule has 12 heteroatoms. The lowest BCUT2D eigenvalue weighted by molar-refractivity contribution is -0.245. The van der Waals surface area contributed by atoms with Crippen LogP contribution in [0, 0.1) is 6.92 Å². The largest absolute Gasteiger partial charge is 0.392 e. The number of aliphatic hydroxyl groups is 1. The molecule has 1 aromatic heterocycles. The van der Waals surface area contributed by atoms with E-state index in [-0.39, 0.29) is 37.6 Å². The van der Waals surface area contributed by atoms with Crippen LogP contribution in [-0.4, -0.2) is 44.2 Å². The number of ether oxygens (including phenoxy) is 2. The zero-order valence-corrected chi connectivity index (χ0v) is 26.5. The van der Waals surface area contributed by atoms with Gasteiger partial charge < -0.3 is 19.9 Å². The molecule has 3 aromatic carbocycles. The van der Waals surface area contributed by atoms with E-state index in [2.05, 4.69) is 15.5 Å². The average Bonchev–Trinajstić information content (AvgIpc) is 3.51. The Labute approximate surface area is 270 Å². The molecule has 2 heterocycles. The quantitative estimate of drug-likeness (QED) is 0.0824. The van der Waals surface area contributed by atoms with Crippen molar-refractivity contribution < 1.29 is 29.4 Å². The van der Waals surface area contributed by atoms with E-state index in [4.69, 9.17) is 14.7 Å². The monoisotopic (exact) mass is 648 g/mol. The molecule has 1 fully saturated rings. The standard InChI is InChI=1S/C33H36N4O6S2/c1-21-35-36-33(45-21)44-20-27-17-29(24-11-9-22(19-38)10-12-24)43-32(42-27)25-15-13-23(14-16-25)28-6-3-2-5-26(28)18-34-30(39)7-4-8-31(40)37-41/h2-3,5-6,9-16,27,29,32,38,41H,4,7-8,17-20H2,1H3,(H,34,39)(H,37,40). The number of aliphatic hydroxyl groups excluding tert-OH is 1. The molecule has 0 aliphatic carbocycles. The molecule has 4 aromatic rings. The van der Waals surface area contributed by atoms with Gasteiger partial charge in [-0.15, -0.1) is 10.2 Å². The van der Waals surface area contributed by atoms with Gasteiger partial charge in [0.25, 0.3) is 0 Å². The Morgan fingerprint density at radius 1 is 0.956 bits per heavy atom. The summed E-state index contributed by atoms with van der Waals surface area (Å²) < 4.78 is 13.9. The summed E-state index contributed by atoms with van der Waals surface area (Å²) in [7, 11) is 0. The highest BCUT2D eigenvalue weighted by Crippen LogP contribution is 2.40. The second-order valence-corrected chi connectivity index (χ2v) is 13.1. The number of hydrogen-bond donors (Lipinski definition) is 4. The normalized spacial score (nSPS) is 18.0. The van der Waals surface area contributed by atoms with Crippen LogP contribution in [-0.2, 0) is 32.2 Å². The zero-order valence-electron chi connectivity index (χ0n) is 24.8. The van der Waals surface area contributed by atoms with Crippen molar-refractivity contribution in [2.45, 2.75) is 68.6 Å². The van der Waals surface area contributed by atoms with Crippen LogP contribution in [0.1, 0.15) is 65.3 Å². The fraction of sp³-hybridized carbons (Fsp3) is 0.333. The molecule has 0 radical (unpaired) electrons. The molecule has 4 N–H and O–H groups in total. The van der Waals surface area contributed by atoms with Crippen LogP contribution >= 0.6 is 23.1 Å². The topological polar surface area (TPSA) is 143 Å². The molecular weight excluding hydrogens is 613 g/mol. The number of benzene rings is 3. The van der Waals surface area contributed by atoms with Crippen molar-refractivity contribution >= 4 is 34.9 Å². The third-order valence-electron chi connectivity index (χ3n) is 7.43. The number of thioether (sulfide) groups is 1. The Balaban J connectivity index is 1.27. The fourth-order valence-electron chi connectivity index (χ4n) is 5.05. The van der Waals surface area contributed by atoms with Crippen LogP contribution < -0.4 is 10.8 Å². The van der Waals surface area contributed by atoms with Gasteiger partial charge in [0.05, 0.1) is 18.8 Å². The summed E-state index contributed by atoms with van der Waals surface area (Å²) in [4.78, 5) is 23.5. The van der Waals surface area contributed by atoms with Gasteiger partial charge in [0.2, 0.25) is 11.8 Å². The number of carbonyl (C=O) groups excluding carboxylic acids is 2. The predicted octanol–water partition coefficient (Wildman–Crippen LogP) is 5.64. The van der Waals surface area contributed by atoms with E-state index in [9.17, 15) is 14.7 Å². The van der Waals surface area contributed by atoms with Crippen molar-refractivity contribution in [2.75, 3.05) is 5.75 Å². The summed E-state index contributed by atoms with van der Waals surface area (Å²) >= 11 is 3.21. The van der Waals surface area contributed by atoms with Crippen molar-refractivity contribution in [1.29, 1.82) is 0 Å². The lowest BCUT2D eigenvalue weighted by Gasteiger charge is -2.36. The first kappa shape index (κ1) is 32.7. The van der Waals surface area contributed by atoms with Gasteiger partial charge >= 0.3 is 0 Å². The SMILES string of the molecule is Cc1nnc(SCC2CC(c3ccc(CO)cc3)OC(c3ccc(-c4ccccc4CNC(=O)CCCC(=O)NO)cc3)O2)s1. The van der Waals surface area contributed by atoms with Crippen LogP contribution in [0.5, 0.6) is 0 Å². The number of aromatic nitrogens is 2. The highest BCUT2D eigenvalue weighted by atomic mass is 32.2. The summed E-state index contributed by atoms with van der Waals surface area (Å²) in [5.41, 5.74) is 7.32. The first-order valence-corrected chi connectivity index (χ1v) is 16.5. The molecule has 10 nitrogen and oxygen atoms in total. The third kappa shape index (κ3) is 9.19. The number of amides is 2. The Hall–Kier alpha value is -3.65. The number of nitrogens with one attached hydrogen (secondary N) is 2. The maximum absolute atomic E-state index is 12.3. The van der Waals surface area contributed by atoms with E-state index < -0.39 is 12.2 Å². The van der Waals surface area contributed by atoms with Crippen LogP contribution in [0.2, 0.25) is 0 Å². The molecular formula is C33H36N4O6S2. The Bertz CT molecular complexity index is 1560. The first-order chi connectivity index (χ1) is 21.9. The van der Waals surface area contributed by atoms with Crippen LogP contribution in [0.3, 0.4) is 0 Å². The van der Waals surface area contributed by atoms with Gasteiger partial charge in [-0.1, -0.05) is 95.9 Å². The smallest absolute Gasteiger partial charge is 0.243 e. The number of hydroxylamine groups is 1. The second kappa shape index (κ2) is 16.1. The molecule has 236 valence electrons. The van der Waals surface area contributed by atoms with E-state index in [0.29, 0.717) is 25.1 Å². The molecule has 1 saturated heterocycles. The second-order valence-electron chi connectivity index (χ2n) is 10.7. The molecule has 0 spiro atoms. The molecule has 3 atom stereocenters. The highest BCUT2D eigenvalue weighted by Gasteiger charge is 2.32. The number of nitrogens with zero attached hydrogens (tertiary/aromatic N) is 2. The van der Waals surface area contributed by atoms with Crippen LogP contribution in [0.4, 0.5) is 0 Å². The number of aryl methyl sites for hydroxylation is 1. The molecule has 5 rings (SSSR count). The van der Waals surface area contributed by atoms with Gasteiger partial charge in [-0.3, -0.25) is 14.8 Å². The van der Waals surface area contributed by atoms with Gasteiger partial charge in [0.15, 0.2) is 10.6 Å². The molecule has 45 heavy (non-hydrogen) atoms. The van der Waals surface area contributed by atoms with Crippen molar-refractivity contribution in [2.24, 2.45) is 0 Å². The summed E-state index contributed by atoms with van der Waals surface area (Å²) in [6.07, 6.45) is 0.481. The Morgan fingerprint density at radius 3 is 2.40 bits per heavy atom. The minimum absolute atomic E-state index is 0.00851. The number of carbonyl (C=O) groups is 2. The summed E-state index contributed by atoms with van der Waals surface area (Å²) in [5, 5.41) is 30.3. The lowest BCUT2D eigenvalue weighted by atomic mass is 9.97. The van der Waals surface area contributed by atoms with Gasteiger partial charge in [0, 0.05) is 37.1 Å². The van der Waals surface area contributed by atoms with Gasteiger partial charge in [-0.25, -0.2) is 5.48 Å². The van der Waals surface area contributed by atoms with Gasteiger partial charge in [0.1, 0.15) is 5.01 Å². The van der Waals surface area contributed by atoms with Crippen LogP contribution in [0.15, 0.2) is 77.1 Å². The van der Waals surface area contributed by atoms with E-state index in [0.717, 1.165) is 42.7 Å². The molecule has 1 aliphatic heterocycles. The molecule has 0 saturated carbocycles. The van der Waals surface area contributed by atoms with Crippen molar-refractivity contribution in [1.82, 2.24) is 21.0 Å². The summed E-state index contributed by atoms with van der Waals surface area (Å²) in [6, 6.07) is 23.8. The minimum Gasteiger partial charge on any atom is -0.392 e.